The Morgan fingerprint density at radius 2 is 1.48 bits per heavy atom. The first-order valence-corrected chi connectivity index (χ1v) is 10.6. The number of carbonyl (C=O) groups is 2. The molecule has 0 amide bonds. The van der Waals surface area contributed by atoms with Gasteiger partial charge in [-0.2, -0.15) is 0 Å². The molecule has 3 rings (SSSR count). The number of nitrogens with zero attached hydrogens (tertiary/aromatic N) is 2. The highest BCUT2D eigenvalue weighted by Gasteiger charge is 2.29. The zero-order valence-corrected chi connectivity index (χ0v) is 20.0. The maximum absolute atomic E-state index is 14.3. The molecule has 0 atom stereocenters. The lowest BCUT2D eigenvalue weighted by atomic mass is 9.97. The molecule has 33 heavy (non-hydrogen) atoms. The highest BCUT2D eigenvalue weighted by Crippen LogP contribution is 2.37. The third-order valence-electron chi connectivity index (χ3n) is 4.52. The summed E-state index contributed by atoms with van der Waals surface area (Å²) in [6.07, 6.45) is 1.29. The van der Waals surface area contributed by atoms with Crippen LogP contribution in [0, 0.1) is 16.6 Å². The minimum Gasteiger partial charge on any atom is -0.422 e. The van der Waals surface area contributed by atoms with Crippen LogP contribution in [0.15, 0.2) is 36.7 Å². The van der Waals surface area contributed by atoms with Crippen molar-refractivity contribution < 1.29 is 23.5 Å². The number of carbonyl (C=O) groups excluding carboxylic acids is 2. The number of anilines is 2. The quantitative estimate of drug-likeness (QED) is 0.363. The number of nitrogens with one attached hydrogen (secondary N) is 1. The topological polar surface area (TPSA) is 90.4 Å². The maximum Gasteiger partial charge on any atom is 0.316 e. The zero-order valence-electron chi connectivity index (χ0n) is 19.2. The van der Waals surface area contributed by atoms with Crippen LogP contribution in [0.25, 0.3) is 10.9 Å². The van der Waals surface area contributed by atoms with E-state index >= 15 is 0 Å². The molecule has 3 aromatic rings. The number of benzene rings is 2. The van der Waals surface area contributed by atoms with E-state index in [-0.39, 0.29) is 28.0 Å². The third kappa shape index (κ3) is 5.76. The number of hydrogen-bond acceptors (Lipinski definition) is 7. The predicted molar refractivity (Wildman–Crippen MR) is 124 cm³/mol. The first-order valence-electron chi connectivity index (χ1n) is 10.2. The van der Waals surface area contributed by atoms with Gasteiger partial charge < -0.3 is 14.8 Å². The summed E-state index contributed by atoms with van der Waals surface area (Å²) in [7, 11) is 0. The fourth-order valence-corrected chi connectivity index (χ4v) is 2.71. The third-order valence-corrected chi connectivity index (χ3v) is 4.75. The smallest absolute Gasteiger partial charge is 0.316 e. The number of halogens is 2. The van der Waals surface area contributed by atoms with Crippen LogP contribution < -0.4 is 14.8 Å². The van der Waals surface area contributed by atoms with Crippen molar-refractivity contribution in [3.05, 3.63) is 47.5 Å². The van der Waals surface area contributed by atoms with Gasteiger partial charge >= 0.3 is 11.9 Å². The molecule has 0 unspecified atom stereocenters. The fraction of sp³-hybridized carbons (Fsp3) is 0.333. The summed E-state index contributed by atoms with van der Waals surface area (Å²) in [5, 5.41) is 3.59. The van der Waals surface area contributed by atoms with E-state index < -0.39 is 28.6 Å². The molecule has 1 aromatic heterocycles. The van der Waals surface area contributed by atoms with Gasteiger partial charge in [-0.3, -0.25) is 9.59 Å². The number of ether oxygens (including phenoxy) is 2. The van der Waals surface area contributed by atoms with E-state index in [0.717, 1.165) is 0 Å². The van der Waals surface area contributed by atoms with Crippen LogP contribution in [-0.2, 0) is 9.59 Å². The highest BCUT2D eigenvalue weighted by molar-refractivity contribution is 6.30. The van der Waals surface area contributed by atoms with Crippen LogP contribution in [0.4, 0.5) is 15.9 Å². The lowest BCUT2D eigenvalue weighted by Gasteiger charge is -2.21. The van der Waals surface area contributed by atoms with Gasteiger partial charge in [0, 0.05) is 16.5 Å². The van der Waals surface area contributed by atoms with Crippen molar-refractivity contribution in [1.82, 2.24) is 9.97 Å². The lowest BCUT2D eigenvalue weighted by Crippen LogP contribution is -2.28. The van der Waals surface area contributed by atoms with E-state index in [0.29, 0.717) is 10.9 Å². The summed E-state index contributed by atoms with van der Waals surface area (Å²) >= 11 is 5.83. The molecule has 7 nitrogen and oxygen atoms in total. The van der Waals surface area contributed by atoms with E-state index in [1.807, 2.05) is 0 Å². The molecular weight excluding hydrogens is 449 g/mol. The van der Waals surface area contributed by atoms with Gasteiger partial charge in [0.1, 0.15) is 18.0 Å². The van der Waals surface area contributed by atoms with Gasteiger partial charge in [0.05, 0.1) is 22.0 Å². The van der Waals surface area contributed by atoms with Crippen LogP contribution in [0.5, 0.6) is 11.5 Å². The molecule has 0 aliphatic rings. The Morgan fingerprint density at radius 1 is 0.909 bits per heavy atom. The minimum atomic E-state index is -0.805. The molecule has 0 saturated heterocycles. The first kappa shape index (κ1) is 24.4. The normalized spacial score (nSPS) is 11.9. The largest absolute Gasteiger partial charge is 0.422 e. The summed E-state index contributed by atoms with van der Waals surface area (Å²) in [4.78, 5) is 33.5. The summed E-state index contributed by atoms with van der Waals surface area (Å²) in [6.45, 7) is 10.2. The average Bonchev–Trinajstić information content (AvgIpc) is 2.69. The van der Waals surface area contributed by atoms with Gasteiger partial charge in [0.15, 0.2) is 11.5 Å². The average molecular weight is 474 g/mol. The van der Waals surface area contributed by atoms with Gasteiger partial charge in [-0.05, 0) is 65.8 Å². The van der Waals surface area contributed by atoms with Crippen molar-refractivity contribution in [3.63, 3.8) is 0 Å². The second-order valence-electron chi connectivity index (χ2n) is 9.57. The Kier molecular flexibility index (Phi) is 6.61. The van der Waals surface area contributed by atoms with Gasteiger partial charge in [-0.15, -0.1) is 0 Å². The van der Waals surface area contributed by atoms with Crippen molar-refractivity contribution >= 4 is 45.9 Å². The molecule has 0 bridgehead atoms. The SMILES string of the molecule is CC(C)(C)C(=O)Oc1cc2ncnc(Nc3ccc(Cl)cc3F)c2cc1OC(=O)C(C)(C)C. The summed E-state index contributed by atoms with van der Waals surface area (Å²) in [5.41, 5.74) is -1.05. The van der Waals surface area contributed by atoms with E-state index in [1.54, 1.807) is 41.5 Å². The molecule has 0 spiro atoms. The van der Waals surface area contributed by atoms with Crippen LogP contribution in [-0.4, -0.2) is 21.9 Å². The van der Waals surface area contributed by atoms with E-state index in [2.05, 4.69) is 15.3 Å². The van der Waals surface area contributed by atoms with Crippen molar-refractivity contribution in [3.8, 4) is 11.5 Å². The minimum absolute atomic E-state index is 0.0226. The van der Waals surface area contributed by atoms with E-state index in [1.165, 1.54) is 36.7 Å². The summed E-state index contributed by atoms with van der Waals surface area (Å²) in [5.74, 6) is -1.26. The monoisotopic (exact) mass is 473 g/mol. The molecule has 0 radical (unpaired) electrons. The van der Waals surface area contributed by atoms with Gasteiger partial charge in [0.25, 0.3) is 0 Å². The Bertz CT molecular complexity index is 1230. The molecule has 0 fully saturated rings. The molecule has 1 N–H and O–H groups in total. The molecule has 9 heteroatoms. The van der Waals surface area contributed by atoms with E-state index in [9.17, 15) is 14.0 Å². The first-order chi connectivity index (χ1) is 15.3. The van der Waals surface area contributed by atoms with Crippen molar-refractivity contribution in [1.29, 1.82) is 0 Å². The molecular formula is C24H25ClFN3O4. The number of rotatable bonds is 4. The molecule has 2 aromatic carbocycles. The summed E-state index contributed by atoms with van der Waals surface area (Å²) < 4.78 is 25.5. The number of hydrogen-bond donors (Lipinski definition) is 1. The second-order valence-corrected chi connectivity index (χ2v) is 10.0. The Balaban J connectivity index is 2.11. The summed E-state index contributed by atoms with van der Waals surface area (Å²) in [6, 6.07) is 7.16. The van der Waals surface area contributed by atoms with Crippen molar-refractivity contribution in [2.24, 2.45) is 10.8 Å². The standard InChI is InChI=1S/C24H25ClFN3O4/c1-23(2,3)21(30)32-18-10-14-17(11-19(18)33-22(31)24(4,5)6)27-12-28-20(14)29-16-8-7-13(25)9-15(16)26/h7-12H,1-6H3,(H,27,28,29). The number of aromatic nitrogens is 2. The van der Waals surface area contributed by atoms with Crippen LogP contribution in [0.1, 0.15) is 41.5 Å². The molecule has 0 saturated carbocycles. The van der Waals surface area contributed by atoms with Gasteiger partial charge in [0.2, 0.25) is 0 Å². The maximum atomic E-state index is 14.3. The molecule has 0 aliphatic carbocycles. The molecule has 0 aliphatic heterocycles. The molecule has 174 valence electrons. The second kappa shape index (κ2) is 8.94. The van der Waals surface area contributed by atoms with Crippen LogP contribution in [0.3, 0.4) is 0 Å². The number of fused-ring (bicyclic) bond motifs is 1. The van der Waals surface area contributed by atoms with E-state index in [4.69, 9.17) is 21.1 Å². The van der Waals surface area contributed by atoms with Crippen LogP contribution in [0.2, 0.25) is 5.02 Å². The fourth-order valence-electron chi connectivity index (χ4n) is 2.55. The Hall–Kier alpha value is -3.26. The zero-order chi connectivity index (χ0) is 24.6. The lowest BCUT2D eigenvalue weighted by molar-refractivity contribution is -0.145. The predicted octanol–water partition coefficient (Wildman–Crippen LogP) is 6.07. The van der Waals surface area contributed by atoms with Gasteiger partial charge in [-0.25, -0.2) is 14.4 Å². The number of esters is 2. The van der Waals surface area contributed by atoms with Crippen LogP contribution >= 0.6 is 11.6 Å². The Labute approximate surface area is 196 Å². The Morgan fingerprint density at radius 3 is 2.03 bits per heavy atom. The van der Waals surface area contributed by atoms with Gasteiger partial charge in [-0.1, -0.05) is 11.6 Å². The van der Waals surface area contributed by atoms with Crippen molar-refractivity contribution in [2.75, 3.05) is 5.32 Å². The molecule has 1 heterocycles. The highest BCUT2D eigenvalue weighted by atomic mass is 35.5. The van der Waals surface area contributed by atoms with Crippen molar-refractivity contribution in [2.45, 2.75) is 41.5 Å².